The maximum absolute atomic E-state index is 6.09. The third-order valence-corrected chi connectivity index (χ3v) is 3.58. The lowest BCUT2D eigenvalue weighted by molar-refractivity contribution is 0.482. The van der Waals surface area contributed by atoms with Gasteiger partial charge in [0.25, 0.3) is 0 Å². The maximum Gasteiger partial charge on any atom is 0.147 e. The van der Waals surface area contributed by atoms with Gasteiger partial charge in [0.15, 0.2) is 0 Å². The van der Waals surface area contributed by atoms with Crippen LogP contribution in [0.4, 0.5) is 0 Å². The van der Waals surface area contributed by atoms with E-state index in [0.717, 1.165) is 12.3 Å². The predicted octanol–water partition coefficient (Wildman–Crippen LogP) is 5.28. The van der Waals surface area contributed by atoms with Crippen LogP contribution in [0.25, 0.3) is 0 Å². The van der Waals surface area contributed by atoms with Crippen LogP contribution in [-0.4, -0.2) is 6.04 Å². The van der Waals surface area contributed by atoms with E-state index >= 15 is 0 Å². The van der Waals surface area contributed by atoms with Gasteiger partial charge in [0, 0.05) is 12.6 Å². The largest absolute Gasteiger partial charge is 0.456 e. The molecular weight excluding hydrogens is 293 g/mol. The Hall–Kier alpha value is -1.22. The zero-order valence-corrected chi connectivity index (χ0v) is 13.0. The third-order valence-electron chi connectivity index (χ3n) is 2.78. The zero-order valence-electron chi connectivity index (χ0n) is 11.5. The molecule has 1 N–H and O–H groups in total. The molecule has 0 radical (unpaired) electrons. The second-order valence-corrected chi connectivity index (χ2v) is 5.62. The average molecular weight is 310 g/mol. The summed E-state index contributed by atoms with van der Waals surface area (Å²) in [4.78, 5) is 0. The Morgan fingerprint density at radius 3 is 2.40 bits per heavy atom. The lowest BCUT2D eigenvalue weighted by Gasteiger charge is -2.10. The van der Waals surface area contributed by atoms with E-state index in [1.807, 2.05) is 30.3 Å². The van der Waals surface area contributed by atoms with E-state index < -0.39 is 0 Å². The van der Waals surface area contributed by atoms with Crippen LogP contribution in [0.3, 0.4) is 0 Å². The van der Waals surface area contributed by atoms with Crippen LogP contribution in [0.1, 0.15) is 19.4 Å². The summed E-state index contributed by atoms with van der Waals surface area (Å²) in [6.07, 6.45) is 0. The summed E-state index contributed by atoms with van der Waals surface area (Å²) in [7, 11) is 0. The van der Waals surface area contributed by atoms with Crippen molar-refractivity contribution in [2.24, 2.45) is 0 Å². The molecule has 0 aliphatic rings. The molecule has 0 saturated carbocycles. The van der Waals surface area contributed by atoms with Crippen molar-refractivity contribution in [2.75, 3.05) is 0 Å². The quantitative estimate of drug-likeness (QED) is 0.811. The molecule has 0 aliphatic heterocycles. The lowest BCUT2D eigenvalue weighted by atomic mass is 10.2. The van der Waals surface area contributed by atoms with Gasteiger partial charge >= 0.3 is 0 Å². The molecule has 0 bridgehead atoms. The maximum atomic E-state index is 6.09. The van der Waals surface area contributed by atoms with Crippen molar-refractivity contribution >= 4 is 23.2 Å². The Labute approximate surface area is 129 Å². The molecule has 0 heterocycles. The molecule has 0 aromatic heterocycles. The Bertz CT molecular complexity index is 567. The molecule has 2 nitrogen and oxygen atoms in total. The average Bonchev–Trinajstić information content (AvgIpc) is 2.43. The van der Waals surface area contributed by atoms with Crippen LogP contribution in [-0.2, 0) is 6.54 Å². The Balaban J connectivity index is 2.05. The zero-order chi connectivity index (χ0) is 14.5. The highest BCUT2D eigenvalue weighted by molar-refractivity contribution is 6.42. The smallest absolute Gasteiger partial charge is 0.147 e. The first-order chi connectivity index (χ1) is 9.56. The number of hydrogen-bond acceptors (Lipinski definition) is 2. The molecule has 0 saturated heterocycles. The standard InChI is InChI=1S/C16H17Cl2NO/c1-11(2)19-10-12-6-8-13(9-7-12)20-15-5-3-4-14(17)16(15)18/h3-9,11,19H,10H2,1-2H3. The van der Waals surface area contributed by atoms with Gasteiger partial charge in [-0.15, -0.1) is 0 Å². The van der Waals surface area contributed by atoms with Gasteiger partial charge < -0.3 is 10.1 Å². The molecule has 0 unspecified atom stereocenters. The van der Waals surface area contributed by atoms with E-state index in [0.29, 0.717) is 21.8 Å². The number of hydrogen-bond donors (Lipinski definition) is 1. The van der Waals surface area contributed by atoms with E-state index in [-0.39, 0.29) is 0 Å². The van der Waals surface area contributed by atoms with Crippen molar-refractivity contribution in [3.05, 3.63) is 58.1 Å². The van der Waals surface area contributed by atoms with E-state index in [2.05, 4.69) is 19.2 Å². The van der Waals surface area contributed by atoms with E-state index in [9.17, 15) is 0 Å². The van der Waals surface area contributed by atoms with Crippen LogP contribution in [0.2, 0.25) is 10.0 Å². The molecule has 0 spiro atoms. The SMILES string of the molecule is CC(C)NCc1ccc(Oc2cccc(Cl)c2Cl)cc1. The van der Waals surface area contributed by atoms with E-state index in [1.165, 1.54) is 5.56 Å². The molecule has 2 aromatic rings. The highest BCUT2D eigenvalue weighted by Gasteiger charge is 2.06. The summed E-state index contributed by atoms with van der Waals surface area (Å²) in [5.41, 5.74) is 1.21. The van der Waals surface area contributed by atoms with Gasteiger partial charge in [-0.05, 0) is 29.8 Å². The number of benzene rings is 2. The Morgan fingerprint density at radius 2 is 1.75 bits per heavy atom. The molecule has 2 aromatic carbocycles. The molecule has 106 valence electrons. The van der Waals surface area contributed by atoms with Gasteiger partial charge in [0.05, 0.1) is 5.02 Å². The van der Waals surface area contributed by atoms with Gasteiger partial charge in [0.1, 0.15) is 16.5 Å². The van der Waals surface area contributed by atoms with Gasteiger partial charge in [-0.3, -0.25) is 0 Å². The fraction of sp³-hybridized carbons (Fsp3) is 0.250. The summed E-state index contributed by atoms with van der Waals surface area (Å²) >= 11 is 12.0. The third kappa shape index (κ3) is 4.14. The fourth-order valence-corrected chi connectivity index (χ4v) is 2.02. The number of halogens is 2. The molecule has 0 aliphatic carbocycles. The van der Waals surface area contributed by atoms with E-state index in [4.69, 9.17) is 27.9 Å². The fourth-order valence-electron chi connectivity index (χ4n) is 1.69. The van der Waals surface area contributed by atoms with Crippen LogP contribution < -0.4 is 10.1 Å². The minimum Gasteiger partial charge on any atom is -0.456 e. The van der Waals surface area contributed by atoms with Crippen molar-refractivity contribution in [1.82, 2.24) is 5.32 Å². The second kappa shape index (κ2) is 6.98. The molecule has 0 atom stereocenters. The normalized spacial score (nSPS) is 10.8. The van der Waals surface area contributed by atoms with Gasteiger partial charge in [-0.2, -0.15) is 0 Å². The lowest BCUT2D eigenvalue weighted by Crippen LogP contribution is -2.21. The molecule has 20 heavy (non-hydrogen) atoms. The molecule has 0 amide bonds. The summed E-state index contributed by atoms with van der Waals surface area (Å²) in [5.74, 6) is 1.30. The predicted molar refractivity (Wildman–Crippen MR) is 85.0 cm³/mol. The molecule has 2 rings (SSSR count). The highest BCUT2D eigenvalue weighted by atomic mass is 35.5. The van der Waals surface area contributed by atoms with Crippen molar-refractivity contribution in [3.8, 4) is 11.5 Å². The van der Waals surface area contributed by atoms with Crippen molar-refractivity contribution in [1.29, 1.82) is 0 Å². The second-order valence-electron chi connectivity index (χ2n) is 4.83. The molecule has 4 heteroatoms. The van der Waals surface area contributed by atoms with Crippen molar-refractivity contribution < 1.29 is 4.74 Å². The highest BCUT2D eigenvalue weighted by Crippen LogP contribution is 2.34. The first-order valence-electron chi connectivity index (χ1n) is 6.50. The van der Waals surface area contributed by atoms with Crippen LogP contribution >= 0.6 is 23.2 Å². The summed E-state index contributed by atoms with van der Waals surface area (Å²) < 4.78 is 5.73. The van der Waals surface area contributed by atoms with Crippen molar-refractivity contribution in [3.63, 3.8) is 0 Å². The van der Waals surface area contributed by atoms with Crippen LogP contribution in [0, 0.1) is 0 Å². The van der Waals surface area contributed by atoms with Gasteiger partial charge in [-0.25, -0.2) is 0 Å². The number of ether oxygens (including phenoxy) is 1. The van der Waals surface area contributed by atoms with Gasteiger partial charge in [0.2, 0.25) is 0 Å². The van der Waals surface area contributed by atoms with Crippen molar-refractivity contribution in [2.45, 2.75) is 26.4 Å². The molecule has 0 fully saturated rings. The number of rotatable bonds is 5. The first kappa shape index (κ1) is 15.2. The monoisotopic (exact) mass is 309 g/mol. The summed E-state index contributed by atoms with van der Waals surface area (Å²) in [6, 6.07) is 13.7. The first-order valence-corrected chi connectivity index (χ1v) is 7.26. The Morgan fingerprint density at radius 1 is 1.05 bits per heavy atom. The van der Waals surface area contributed by atoms with Crippen LogP contribution in [0.5, 0.6) is 11.5 Å². The van der Waals surface area contributed by atoms with E-state index in [1.54, 1.807) is 12.1 Å². The minimum atomic E-state index is 0.430. The number of nitrogens with one attached hydrogen (secondary N) is 1. The summed E-state index contributed by atoms with van der Waals surface area (Å²) in [6.45, 7) is 5.09. The topological polar surface area (TPSA) is 21.3 Å². The summed E-state index contributed by atoms with van der Waals surface area (Å²) in [5, 5.41) is 4.29. The van der Waals surface area contributed by atoms with Gasteiger partial charge in [-0.1, -0.05) is 55.2 Å². The van der Waals surface area contributed by atoms with Crippen LogP contribution in [0.15, 0.2) is 42.5 Å². The Kier molecular flexibility index (Phi) is 5.30. The molecular formula is C16H17Cl2NO. The minimum absolute atomic E-state index is 0.430.